The van der Waals surface area contributed by atoms with Gasteiger partial charge in [0.25, 0.3) is 0 Å². The fraction of sp³-hybridized carbons (Fsp3) is 0.421. The highest BCUT2D eigenvalue weighted by Crippen LogP contribution is 2.31. The lowest BCUT2D eigenvalue weighted by Gasteiger charge is -2.30. The van der Waals surface area contributed by atoms with E-state index in [2.05, 4.69) is 27.9 Å². The van der Waals surface area contributed by atoms with Gasteiger partial charge in [0, 0.05) is 24.5 Å². The minimum atomic E-state index is -0.747. The number of carbonyl (C=O) groups is 1. The van der Waals surface area contributed by atoms with Gasteiger partial charge in [-0.25, -0.2) is 0 Å². The number of rotatable bonds is 6. The molecule has 2 atom stereocenters. The van der Waals surface area contributed by atoms with E-state index >= 15 is 0 Å². The molecular weight excluding hydrogens is 302 g/mol. The van der Waals surface area contributed by atoms with Crippen molar-refractivity contribution in [2.75, 3.05) is 6.54 Å². The summed E-state index contributed by atoms with van der Waals surface area (Å²) >= 11 is 0. The molecule has 2 aromatic rings. The minimum Gasteiger partial charge on any atom is -0.480 e. The summed E-state index contributed by atoms with van der Waals surface area (Å²) in [5, 5.41) is 9.55. The number of aliphatic carboxylic acids is 1. The molecule has 1 aliphatic rings. The Hall–Kier alpha value is -2.27. The van der Waals surface area contributed by atoms with Crippen LogP contribution in [0.5, 0.6) is 0 Å². The molecule has 1 aliphatic heterocycles. The topological polar surface area (TPSA) is 66.3 Å². The first-order valence-electron chi connectivity index (χ1n) is 8.52. The lowest BCUT2D eigenvalue weighted by Crippen LogP contribution is -2.40. The van der Waals surface area contributed by atoms with Crippen LogP contribution in [0, 0.1) is 0 Å². The third-order valence-corrected chi connectivity index (χ3v) is 4.71. The van der Waals surface area contributed by atoms with E-state index in [4.69, 9.17) is 0 Å². The molecule has 0 radical (unpaired) electrons. The van der Waals surface area contributed by atoms with E-state index in [-0.39, 0.29) is 6.04 Å². The SMILES string of the molecule is CCc1ccc(C(Cc2ccccn2)N2CCCC2C(=O)O)nc1. The highest BCUT2D eigenvalue weighted by atomic mass is 16.4. The summed E-state index contributed by atoms with van der Waals surface area (Å²) < 4.78 is 0. The number of aryl methyl sites for hydroxylation is 1. The van der Waals surface area contributed by atoms with Crippen LogP contribution >= 0.6 is 0 Å². The van der Waals surface area contributed by atoms with Crippen LogP contribution in [0.25, 0.3) is 0 Å². The largest absolute Gasteiger partial charge is 0.480 e. The molecule has 24 heavy (non-hydrogen) atoms. The maximum atomic E-state index is 11.6. The maximum Gasteiger partial charge on any atom is 0.320 e. The molecule has 0 aliphatic carbocycles. The molecule has 5 nitrogen and oxygen atoms in total. The number of aromatic nitrogens is 2. The van der Waals surface area contributed by atoms with E-state index in [9.17, 15) is 9.90 Å². The molecule has 0 bridgehead atoms. The Morgan fingerprint density at radius 2 is 2.21 bits per heavy atom. The van der Waals surface area contributed by atoms with Gasteiger partial charge in [0.2, 0.25) is 0 Å². The number of hydrogen-bond donors (Lipinski definition) is 1. The zero-order valence-corrected chi connectivity index (χ0v) is 13.9. The van der Waals surface area contributed by atoms with Crippen LogP contribution in [0.3, 0.4) is 0 Å². The Morgan fingerprint density at radius 1 is 1.33 bits per heavy atom. The first-order valence-corrected chi connectivity index (χ1v) is 8.52. The molecule has 5 heteroatoms. The van der Waals surface area contributed by atoms with Crippen LogP contribution in [0.4, 0.5) is 0 Å². The van der Waals surface area contributed by atoms with Gasteiger partial charge in [-0.15, -0.1) is 0 Å². The lowest BCUT2D eigenvalue weighted by molar-refractivity contribution is -0.143. The van der Waals surface area contributed by atoms with Gasteiger partial charge in [0.15, 0.2) is 0 Å². The fourth-order valence-electron chi connectivity index (χ4n) is 3.38. The second-order valence-corrected chi connectivity index (χ2v) is 6.22. The standard InChI is InChI=1S/C19H23N3O2/c1-2-14-8-9-16(21-13-14)18(12-15-6-3-4-10-20-15)22-11-5-7-17(22)19(23)24/h3-4,6,8-10,13,17-18H,2,5,7,11-12H2,1H3,(H,23,24). The molecule has 0 spiro atoms. The van der Waals surface area contributed by atoms with Gasteiger partial charge in [0.05, 0.1) is 11.7 Å². The Balaban J connectivity index is 1.91. The zero-order chi connectivity index (χ0) is 16.9. The van der Waals surface area contributed by atoms with Crippen LogP contribution in [0.15, 0.2) is 42.7 Å². The van der Waals surface area contributed by atoms with Gasteiger partial charge in [-0.3, -0.25) is 19.7 Å². The zero-order valence-electron chi connectivity index (χ0n) is 13.9. The molecule has 0 amide bonds. The second-order valence-electron chi connectivity index (χ2n) is 6.22. The van der Waals surface area contributed by atoms with E-state index in [1.807, 2.05) is 30.5 Å². The number of pyridine rings is 2. The maximum absolute atomic E-state index is 11.6. The van der Waals surface area contributed by atoms with Crippen LogP contribution in [0.2, 0.25) is 0 Å². The number of carboxylic acids is 1. The molecule has 0 saturated carbocycles. The monoisotopic (exact) mass is 325 g/mol. The second kappa shape index (κ2) is 7.53. The molecule has 2 aromatic heterocycles. The van der Waals surface area contributed by atoms with Crippen molar-refractivity contribution >= 4 is 5.97 Å². The Kier molecular flexibility index (Phi) is 5.20. The summed E-state index contributed by atoms with van der Waals surface area (Å²) in [6, 6.07) is 9.46. The van der Waals surface area contributed by atoms with Gasteiger partial charge >= 0.3 is 5.97 Å². The van der Waals surface area contributed by atoms with Gasteiger partial charge in [-0.05, 0) is 49.6 Å². The van der Waals surface area contributed by atoms with Crippen molar-refractivity contribution in [2.24, 2.45) is 0 Å². The van der Waals surface area contributed by atoms with E-state index in [1.165, 1.54) is 5.56 Å². The Morgan fingerprint density at radius 3 is 2.83 bits per heavy atom. The van der Waals surface area contributed by atoms with Crippen LogP contribution in [-0.2, 0) is 17.6 Å². The Labute approximate surface area is 142 Å². The summed E-state index contributed by atoms with van der Waals surface area (Å²) in [5.74, 6) is -0.747. The lowest BCUT2D eigenvalue weighted by atomic mass is 10.0. The average Bonchev–Trinajstić information content (AvgIpc) is 3.10. The predicted molar refractivity (Wildman–Crippen MR) is 91.7 cm³/mol. The van der Waals surface area contributed by atoms with Crippen molar-refractivity contribution in [1.82, 2.24) is 14.9 Å². The van der Waals surface area contributed by atoms with E-state index < -0.39 is 12.0 Å². The van der Waals surface area contributed by atoms with Crippen LogP contribution < -0.4 is 0 Å². The molecule has 1 saturated heterocycles. The molecular formula is C19H23N3O2. The normalized spacial score (nSPS) is 19.3. The summed E-state index contributed by atoms with van der Waals surface area (Å²) in [6.07, 6.45) is 6.89. The van der Waals surface area contributed by atoms with Crippen molar-refractivity contribution in [2.45, 2.75) is 44.7 Å². The van der Waals surface area contributed by atoms with Gasteiger partial charge < -0.3 is 5.11 Å². The first-order chi connectivity index (χ1) is 11.7. The van der Waals surface area contributed by atoms with E-state index in [0.29, 0.717) is 12.8 Å². The first kappa shape index (κ1) is 16.6. The molecule has 3 heterocycles. The van der Waals surface area contributed by atoms with E-state index in [1.54, 1.807) is 6.20 Å². The average molecular weight is 325 g/mol. The number of likely N-dealkylation sites (tertiary alicyclic amines) is 1. The highest BCUT2D eigenvalue weighted by molar-refractivity contribution is 5.73. The van der Waals surface area contributed by atoms with Gasteiger partial charge in [-0.2, -0.15) is 0 Å². The molecule has 3 rings (SSSR count). The van der Waals surface area contributed by atoms with Gasteiger partial charge in [-0.1, -0.05) is 19.1 Å². The number of carboxylic acid groups (broad SMARTS) is 1. The molecule has 0 aromatic carbocycles. The Bertz CT molecular complexity index is 673. The molecule has 2 unspecified atom stereocenters. The minimum absolute atomic E-state index is 0.0607. The van der Waals surface area contributed by atoms with Crippen molar-refractivity contribution < 1.29 is 9.90 Å². The van der Waals surface area contributed by atoms with Gasteiger partial charge in [0.1, 0.15) is 6.04 Å². The molecule has 1 N–H and O–H groups in total. The quantitative estimate of drug-likeness (QED) is 0.884. The van der Waals surface area contributed by atoms with Crippen LogP contribution in [0.1, 0.15) is 42.8 Å². The van der Waals surface area contributed by atoms with Crippen molar-refractivity contribution in [3.05, 3.63) is 59.7 Å². The van der Waals surface area contributed by atoms with Crippen molar-refractivity contribution in [3.8, 4) is 0 Å². The van der Waals surface area contributed by atoms with Crippen LogP contribution in [-0.4, -0.2) is 38.5 Å². The third kappa shape index (κ3) is 3.62. The third-order valence-electron chi connectivity index (χ3n) is 4.71. The predicted octanol–water partition coefficient (Wildman–Crippen LogP) is 2.87. The number of nitrogens with zero attached hydrogens (tertiary/aromatic N) is 3. The smallest absolute Gasteiger partial charge is 0.320 e. The summed E-state index contributed by atoms with van der Waals surface area (Å²) in [6.45, 7) is 2.88. The van der Waals surface area contributed by atoms with E-state index in [0.717, 1.165) is 30.8 Å². The number of hydrogen-bond acceptors (Lipinski definition) is 4. The van der Waals surface area contributed by atoms with Crippen molar-refractivity contribution in [3.63, 3.8) is 0 Å². The highest BCUT2D eigenvalue weighted by Gasteiger charge is 2.36. The van der Waals surface area contributed by atoms with Crippen molar-refractivity contribution in [1.29, 1.82) is 0 Å². The fourth-order valence-corrected chi connectivity index (χ4v) is 3.38. The summed E-state index contributed by atoms with van der Waals surface area (Å²) in [5.41, 5.74) is 3.07. The summed E-state index contributed by atoms with van der Waals surface area (Å²) in [7, 11) is 0. The molecule has 1 fully saturated rings. The molecule has 126 valence electrons. The summed E-state index contributed by atoms with van der Waals surface area (Å²) in [4.78, 5) is 22.7.